The summed E-state index contributed by atoms with van der Waals surface area (Å²) in [6.45, 7) is 2.49. The average molecular weight is 249 g/mol. The molecule has 98 valence electrons. The third kappa shape index (κ3) is 2.31. The standard InChI is InChI=1S/C13H19N3O2/c1-9-3-2-4-10(7-14)16(9)13(18)11-5-6-15-8-12(11)17/h5-6,8-10,17H,2-4,7,14H2,1H3. The number of carbonyl (C=O) groups excluding carboxylic acids is 1. The summed E-state index contributed by atoms with van der Waals surface area (Å²) in [5.41, 5.74) is 6.04. The van der Waals surface area contributed by atoms with Gasteiger partial charge in [0.05, 0.1) is 11.8 Å². The first-order valence-corrected chi connectivity index (χ1v) is 6.31. The van der Waals surface area contributed by atoms with Gasteiger partial charge in [-0.25, -0.2) is 0 Å². The van der Waals surface area contributed by atoms with Crippen molar-refractivity contribution < 1.29 is 9.90 Å². The van der Waals surface area contributed by atoms with E-state index in [4.69, 9.17) is 5.73 Å². The summed E-state index contributed by atoms with van der Waals surface area (Å²) in [6.07, 6.45) is 5.81. The van der Waals surface area contributed by atoms with Crippen molar-refractivity contribution in [2.75, 3.05) is 6.54 Å². The lowest BCUT2D eigenvalue weighted by atomic mass is 9.95. The van der Waals surface area contributed by atoms with Crippen molar-refractivity contribution in [1.29, 1.82) is 0 Å². The number of piperidine rings is 1. The van der Waals surface area contributed by atoms with Crippen LogP contribution in [0.2, 0.25) is 0 Å². The Morgan fingerprint density at radius 2 is 2.39 bits per heavy atom. The highest BCUT2D eigenvalue weighted by atomic mass is 16.3. The van der Waals surface area contributed by atoms with Gasteiger partial charge in [0.15, 0.2) is 0 Å². The Morgan fingerprint density at radius 1 is 1.61 bits per heavy atom. The predicted molar refractivity (Wildman–Crippen MR) is 68.2 cm³/mol. The van der Waals surface area contributed by atoms with Crippen LogP contribution >= 0.6 is 0 Å². The van der Waals surface area contributed by atoms with E-state index >= 15 is 0 Å². The van der Waals surface area contributed by atoms with Crippen LogP contribution in [-0.4, -0.2) is 39.5 Å². The van der Waals surface area contributed by atoms with Crippen molar-refractivity contribution in [3.05, 3.63) is 24.0 Å². The molecule has 3 N–H and O–H groups in total. The highest BCUT2D eigenvalue weighted by Crippen LogP contribution is 2.26. The van der Waals surface area contributed by atoms with Gasteiger partial charge in [-0.05, 0) is 32.3 Å². The molecule has 0 aliphatic carbocycles. The number of rotatable bonds is 2. The number of nitrogens with two attached hydrogens (primary N) is 1. The molecule has 2 rings (SSSR count). The lowest BCUT2D eigenvalue weighted by Gasteiger charge is -2.40. The molecule has 0 spiro atoms. The van der Waals surface area contributed by atoms with Crippen molar-refractivity contribution in [1.82, 2.24) is 9.88 Å². The van der Waals surface area contributed by atoms with Crippen LogP contribution in [-0.2, 0) is 0 Å². The maximum atomic E-state index is 12.5. The van der Waals surface area contributed by atoms with Crippen molar-refractivity contribution in [3.8, 4) is 5.75 Å². The van der Waals surface area contributed by atoms with Gasteiger partial charge in [-0.1, -0.05) is 0 Å². The molecule has 0 saturated carbocycles. The second-order valence-corrected chi connectivity index (χ2v) is 4.77. The third-order valence-electron chi connectivity index (χ3n) is 3.56. The molecule has 2 unspecified atom stereocenters. The Morgan fingerprint density at radius 3 is 3.06 bits per heavy atom. The zero-order valence-electron chi connectivity index (χ0n) is 10.5. The second kappa shape index (κ2) is 5.35. The quantitative estimate of drug-likeness (QED) is 0.823. The molecule has 0 bridgehead atoms. The van der Waals surface area contributed by atoms with Gasteiger partial charge in [0, 0.05) is 24.8 Å². The lowest BCUT2D eigenvalue weighted by molar-refractivity contribution is 0.0491. The summed E-state index contributed by atoms with van der Waals surface area (Å²) in [5, 5.41) is 9.72. The van der Waals surface area contributed by atoms with Crippen LogP contribution in [0.25, 0.3) is 0 Å². The van der Waals surface area contributed by atoms with Crippen LogP contribution in [0.1, 0.15) is 36.5 Å². The number of amides is 1. The van der Waals surface area contributed by atoms with Gasteiger partial charge in [0.1, 0.15) is 5.75 Å². The number of hydrogen-bond donors (Lipinski definition) is 2. The highest BCUT2D eigenvalue weighted by molar-refractivity contribution is 5.97. The van der Waals surface area contributed by atoms with E-state index in [-0.39, 0.29) is 23.7 Å². The molecule has 1 aliphatic rings. The molecule has 0 radical (unpaired) electrons. The van der Waals surface area contributed by atoms with Crippen LogP contribution in [0.5, 0.6) is 5.75 Å². The fraction of sp³-hybridized carbons (Fsp3) is 0.538. The van der Waals surface area contributed by atoms with Gasteiger partial charge < -0.3 is 15.7 Å². The smallest absolute Gasteiger partial charge is 0.258 e. The Labute approximate surface area is 107 Å². The molecule has 18 heavy (non-hydrogen) atoms. The lowest BCUT2D eigenvalue weighted by Crippen LogP contribution is -2.51. The molecule has 0 aromatic carbocycles. The number of pyridine rings is 1. The van der Waals surface area contributed by atoms with Crippen LogP contribution in [0.3, 0.4) is 0 Å². The third-order valence-corrected chi connectivity index (χ3v) is 3.56. The molecule has 1 aliphatic heterocycles. The fourth-order valence-electron chi connectivity index (χ4n) is 2.59. The van der Waals surface area contributed by atoms with Gasteiger partial charge in [-0.2, -0.15) is 0 Å². The van der Waals surface area contributed by atoms with E-state index in [2.05, 4.69) is 4.98 Å². The first-order chi connectivity index (χ1) is 8.65. The molecule has 1 saturated heterocycles. The number of likely N-dealkylation sites (tertiary alicyclic amines) is 1. The van der Waals surface area contributed by atoms with Crippen molar-refractivity contribution in [2.24, 2.45) is 5.73 Å². The molecule has 1 aromatic rings. The van der Waals surface area contributed by atoms with E-state index in [1.807, 2.05) is 6.92 Å². The van der Waals surface area contributed by atoms with Crippen LogP contribution in [0.4, 0.5) is 0 Å². The van der Waals surface area contributed by atoms with Crippen LogP contribution < -0.4 is 5.73 Å². The number of carbonyl (C=O) groups is 1. The predicted octanol–water partition coefficient (Wildman–Crippen LogP) is 1.13. The summed E-state index contributed by atoms with van der Waals surface area (Å²) >= 11 is 0. The van der Waals surface area contributed by atoms with E-state index in [1.165, 1.54) is 12.4 Å². The first kappa shape index (κ1) is 12.8. The van der Waals surface area contributed by atoms with Gasteiger partial charge in [-0.15, -0.1) is 0 Å². The molecular weight excluding hydrogens is 230 g/mol. The zero-order chi connectivity index (χ0) is 13.1. The molecule has 2 atom stereocenters. The minimum absolute atomic E-state index is 0.0637. The van der Waals surface area contributed by atoms with Crippen molar-refractivity contribution in [2.45, 2.75) is 38.3 Å². The summed E-state index contributed by atoms with van der Waals surface area (Å²) in [7, 11) is 0. The first-order valence-electron chi connectivity index (χ1n) is 6.31. The Hall–Kier alpha value is -1.62. The maximum absolute atomic E-state index is 12.5. The Kier molecular flexibility index (Phi) is 3.81. The summed E-state index contributed by atoms with van der Waals surface area (Å²) in [6, 6.07) is 1.77. The van der Waals surface area contributed by atoms with Crippen LogP contribution in [0.15, 0.2) is 18.5 Å². The van der Waals surface area contributed by atoms with Crippen LogP contribution in [0, 0.1) is 0 Å². The summed E-state index contributed by atoms with van der Waals surface area (Å²) < 4.78 is 0. The number of nitrogens with zero attached hydrogens (tertiary/aromatic N) is 2. The molecule has 1 aromatic heterocycles. The number of aromatic nitrogens is 1. The van der Waals surface area contributed by atoms with E-state index in [0.29, 0.717) is 12.1 Å². The maximum Gasteiger partial charge on any atom is 0.258 e. The molecule has 5 nitrogen and oxygen atoms in total. The van der Waals surface area contributed by atoms with E-state index in [1.54, 1.807) is 11.0 Å². The molecule has 1 amide bonds. The molecular formula is C13H19N3O2. The fourth-order valence-corrected chi connectivity index (χ4v) is 2.59. The van der Waals surface area contributed by atoms with Gasteiger partial charge in [-0.3, -0.25) is 9.78 Å². The van der Waals surface area contributed by atoms with Crippen molar-refractivity contribution in [3.63, 3.8) is 0 Å². The Bertz CT molecular complexity index is 436. The topological polar surface area (TPSA) is 79.5 Å². The summed E-state index contributed by atoms with van der Waals surface area (Å²) in [4.78, 5) is 18.1. The van der Waals surface area contributed by atoms with E-state index in [9.17, 15) is 9.90 Å². The minimum Gasteiger partial charge on any atom is -0.505 e. The Balaban J connectivity index is 2.28. The van der Waals surface area contributed by atoms with E-state index in [0.717, 1.165) is 19.3 Å². The zero-order valence-corrected chi connectivity index (χ0v) is 10.5. The average Bonchev–Trinajstić information content (AvgIpc) is 2.38. The number of hydrogen-bond acceptors (Lipinski definition) is 4. The largest absolute Gasteiger partial charge is 0.505 e. The highest BCUT2D eigenvalue weighted by Gasteiger charge is 2.32. The van der Waals surface area contributed by atoms with Crippen molar-refractivity contribution >= 4 is 5.91 Å². The second-order valence-electron chi connectivity index (χ2n) is 4.77. The minimum atomic E-state index is -0.155. The monoisotopic (exact) mass is 249 g/mol. The SMILES string of the molecule is CC1CCCC(CN)N1C(=O)c1ccncc1O. The summed E-state index contributed by atoms with van der Waals surface area (Å²) in [5.74, 6) is -0.228. The molecule has 5 heteroatoms. The van der Waals surface area contributed by atoms with Gasteiger partial charge in [0.2, 0.25) is 0 Å². The normalized spacial score (nSPS) is 24.0. The van der Waals surface area contributed by atoms with Gasteiger partial charge in [0.25, 0.3) is 5.91 Å². The van der Waals surface area contributed by atoms with Gasteiger partial charge >= 0.3 is 0 Å². The molecule has 1 fully saturated rings. The molecule has 2 heterocycles. The number of aromatic hydroxyl groups is 1. The van der Waals surface area contributed by atoms with E-state index < -0.39 is 0 Å².